The molecule has 2 aromatic heterocycles. The third kappa shape index (κ3) is 5.74. The van der Waals surface area contributed by atoms with Crippen LogP contribution < -0.4 is 0 Å². The highest BCUT2D eigenvalue weighted by atomic mass is 35.5. The van der Waals surface area contributed by atoms with Gasteiger partial charge in [-0.15, -0.1) is 11.8 Å². The molecule has 176 valence electrons. The van der Waals surface area contributed by atoms with Gasteiger partial charge in [0.2, 0.25) is 0 Å². The van der Waals surface area contributed by atoms with Crippen molar-refractivity contribution in [1.29, 1.82) is 0 Å². The van der Waals surface area contributed by atoms with E-state index in [-0.39, 0.29) is 6.61 Å². The van der Waals surface area contributed by atoms with Crippen LogP contribution in [0.3, 0.4) is 0 Å². The number of hydrogen-bond acceptors (Lipinski definition) is 4. The Bertz CT molecular complexity index is 1320. The molecule has 2 heterocycles. The average molecular weight is 504 g/mol. The average Bonchev–Trinajstić information content (AvgIpc) is 3.11. The fourth-order valence-electron chi connectivity index (χ4n) is 3.41. The maximum absolute atomic E-state index is 12.8. The molecule has 0 radical (unpaired) electrons. The summed E-state index contributed by atoms with van der Waals surface area (Å²) in [7, 11) is 0. The third-order valence-corrected chi connectivity index (χ3v) is 6.38. The molecule has 0 atom stereocenters. The summed E-state index contributed by atoms with van der Waals surface area (Å²) in [5.74, 6) is 0.497. The van der Waals surface area contributed by atoms with Crippen LogP contribution in [-0.2, 0) is 17.6 Å². The van der Waals surface area contributed by atoms with Gasteiger partial charge in [-0.05, 0) is 73.5 Å². The summed E-state index contributed by atoms with van der Waals surface area (Å²) < 4.78 is 40.4. The molecule has 0 aliphatic heterocycles. The summed E-state index contributed by atoms with van der Waals surface area (Å²) in [4.78, 5) is 11.3. The Hall–Kier alpha value is -2.97. The largest absolute Gasteiger partial charge is 0.416 e. The zero-order chi connectivity index (χ0) is 24.3. The fraction of sp³-hybridized carbons (Fsp3) is 0.200. The number of hydrogen-bond donors (Lipinski definition) is 0. The number of rotatable bonds is 7. The summed E-state index contributed by atoms with van der Waals surface area (Å²) in [6.45, 7) is 3.96. The van der Waals surface area contributed by atoms with Crippen LogP contribution in [0.5, 0.6) is 0 Å². The van der Waals surface area contributed by atoms with Crippen LogP contribution in [0.15, 0.2) is 76.9 Å². The summed E-state index contributed by atoms with van der Waals surface area (Å²) in [6.07, 6.45) is -2.43. The van der Waals surface area contributed by atoms with Crippen LogP contribution in [0.1, 0.15) is 28.1 Å². The number of imidazole rings is 1. The molecule has 0 saturated carbocycles. The third-order valence-electron chi connectivity index (χ3n) is 5.11. The molecular weight excluding hydrogens is 483 g/mol. The number of nitrogens with zero attached hydrogens (tertiary/aromatic N) is 3. The number of oxime groups is 1. The van der Waals surface area contributed by atoms with E-state index in [4.69, 9.17) is 16.4 Å². The van der Waals surface area contributed by atoms with E-state index in [9.17, 15) is 13.2 Å². The van der Waals surface area contributed by atoms with Gasteiger partial charge in [0.1, 0.15) is 18.0 Å². The molecule has 0 amide bonds. The van der Waals surface area contributed by atoms with Gasteiger partial charge in [-0.3, -0.25) is 4.40 Å². The number of thioether (sulfide) groups is 1. The Morgan fingerprint density at radius 2 is 1.76 bits per heavy atom. The van der Waals surface area contributed by atoms with Crippen LogP contribution >= 0.6 is 23.4 Å². The summed E-state index contributed by atoms with van der Waals surface area (Å²) in [5, 5.41) is 5.04. The van der Waals surface area contributed by atoms with Crippen molar-refractivity contribution in [1.82, 2.24) is 9.38 Å². The van der Waals surface area contributed by atoms with Gasteiger partial charge in [0.15, 0.2) is 0 Å². The number of aryl methyl sites for hydroxylation is 2. The second-order valence-electron chi connectivity index (χ2n) is 7.73. The molecule has 0 unspecified atom stereocenters. The lowest BCUT2D eigenvalue weighted by Gasteiger charge is -2.10. The van der Waals surface area contributed by atoms with Gasteiger partial charge in [-0.2, -0.15) is 13.2 Å². The maximum Gasteiger partial charge on any atom is 0.416 e. The van der Waals surface area contributed by atoms with Crippen LogP contribution in [0.25, 0.3) is 5.65 Å². The van der Waals surface area contributed by atoms with Crippen molar-refractivity contribution in [3.63, 3.8) is 0 Å². The van der Waals surface area contributed by atoms with Gasteiger partial charge < -0.3 is 4.84 Å². The molecule has 2 aromatic carbocycles. The minimum atomic E-state index is -4.37. The van der Waals surface area contributed by atoms with Crippen molar-refractivity contribution >= 4 is 34.7 Å². The lowest BCUT2D eigenvalue weighted by molar-refractivity contribution is -0.137. The maximum atomic E-state index is 12.8. The predicted molar refractivity (Wildman–Crippen MR) is 130 cm³/mol. The molecule has 0 bridgehead atoms. The summed E-state index contributed by atoms with van der Waals surface area (Å²) in [6, 6.07) is 16.3. The van der Waals surface area contributed by atoms with E-state index >= 15 is 0 Å². The van der Waals surface area contributed by atoms with Gasteiger partial charge in [0.05, 0.1) is 17.0 Å². The molecule has 0 N–H and O–H groups in total. The summed E-state index contributed by atoms with van der Waals surface area (Å²) in [5.41, 5.74) is 4.09. The normalized spacial score (nSPS) is 12.4. The number of benzene rings is 2. The molecule has 0 fully saturated rings. The monoisotopic (exact) mass is 503 g/mol. The standard InChI is InChI=1S/C25H21ClF3N3OS/c1-16-11-12-32-23(13-16)30-17(2)24(32)22(15-34-21-9-7-20(26)8-10-21)31-33-14-18-3-5-19(6-4-18)25(27,28)29/h3-13H,14-15H2,1-2H3/b31-22-. The van der Waals surface area contributed by atoms with E-state index in [1.807, 2.05) is 60.8 Å². The van der Waals surface area contributed by atoms with Gasteiger partial charge >= 0.3 is 6.18 Å². The van der Waals surface area contributed by atoms with Crippen LogP contribution in [-0.4, -0.2) is 20.8 Å². The highest BCUT2D eigenvalue weighted by Gasteiger charge is 2.29. The first-order valence-electron chi connectivity index (χ1n) is 10.4. The van der Waals surface area contributed by atoms with E-state index in [0.717, 1.165) is 39.6 Å². The lowest BCUT2D eigenvalue weighted by atomic mass is 10.1. The molecule has 0 aliphatic rings. The number of alkyl halides is 3. The van der Waals surface area contributed by atoms with E-state index in [0.29, 0.717) is 22.1 Å². The van der Waals surface area contributed by atoms with Crippen LogP contribution in [0.4, 0.5) is 13.2 Å². The molecule has 4 aromatic rings. The van der Waals surface area contributed by atoms with E-state index < -0.39 is 11.7 Å². The Kier molecular flexibility index (Phi) is 7.19. The molecule has 0 spiro atoms. The van der Waals surface area contributed by atoms with Gasteiger partial charge in [0, 0.05) is 21.9 Å². The second kappa shape index (κ2) is 10.1. The molecule has 4 nitrogen and oxygen atoms in total. The quantitative estimate of drug-likeness (QED) is 0.150. The second-order valence-corrected chi connectivity index (χ2v) is 9.21. The van der Waals surface area contributed by atoms with Crippen molar-refractivity contribution in [2.45, 2.75) is 31.5 Å². The summed E-state index contributed by atoms with van der Waals surface area (Å²) >= 11 is 7.56. The number of pyridine rings is 1. The predicted octanol–water partition coefficient (Wildman–Crippen LogP) is 7.34. The molecule has 34 heavy (non-hydrogen) atoms. The fourth-order valence-corrected chi connectivity index (χ4v) is 4.35. The van der Waals surface area contributed by atoms with E-state index in [2.05, 4.69) is 10.1 Å². The van der Waals surface area contributed by atoms with E-state index in [1.165, 1.54) is 12.1 Å². The van der Waals surface area contributed by atoms with Gasteiger partial charge in [-0.1, -0.05) is 28.9 Å². The first-order valence-corrected chi connectivity index (χ1v) is 11.8. The SMILES string of the molecule is Cc1ccn2c(/C(CSc3ccc(Cl)cc3)=N\OCc3ccc(C(F)(F)F)cc3)c(C)nc2c1. The van der Waals surface area contributed by atoms with Crippen molar-refractivity contribution < 1.29 is 18.0 Å². The molecule has 0 aliphatic carbocycles. The van der Waals surface area contributed by atoms with Crippen molar-refractivity contribution in [2.24, 2.45) is 5.16 Å². The van der Waals surface area contributed by atoms with Gasteiger partial charge in [-0.25, -0.2) is 4.98 Å². The number of halogens is 4. The minimum absolute atomic E-state index is 0.0438. The first-order chi connectivity index (χ1) is 16.2. The zero-order valence-corrected chi connectivity index (χ0v) is 20.0. The van der Waals surface area contributed by atoms with Crippen molar-refractivity contribution in [3.8, 4) is 0 Å². The Morgan fingerprint density at radius 3 is 2.44 bits per heavy atom. The van der Waals surface area contributed by atoms with E-state index in [1.54, 1.807) is 11.8 Å². The number of fused-ring (bicyclic) bond motifs is 1. The topological polar surface area (TPSA) is 38.9 Å². The Labute approximate surface area is 204 Å². The van der Waals surface area contributed by atoms with Gasteiger partial charge in [0.25, 0.3) is 0 Å². The molecule has 4 rings (SSSR count). The Balaban J connectivity index is 1.59. The Morgan fingerprint density at radius 1 is 1.06 bits per heavy atom. The first kappa shape index (κ1) is 24.2. The highest BCUT2D eigenvalue weighted by Crippen LogP contribution is 2.29. The number of aromatic nitrogens is 2. The zero-order valence-electron chi connectivity index (χ0n) is 18.4. The molecular formula is C25H21ClF3N3OS. The lowest BCUT2D eigenvalue weighted by Crippen LogP contribution is -2.11. The molecule has 0 saturated heterocycles. The smallest absolute Gasteiger partial charge is 0.391 e. The van der Waals surface area contributed by atoms with Crippen LogP contribution in [0.2, 0.25) is 5.02 Å². The molecule has 9 heteroatoms. The minimum Gasteiger partial charge on any atom is -0.391 e. The highest BCUT2D eigenvalue weighted by molar-refractivity contribution is 8.00. The van der Waals surface area contributed by atoms with Crippen molar-refractivity contribution in [3.05, 3.63) is 100.0 Å². The van der Waals surface area contributed by atoms with Crippen molar-refractivity contribution in [2.75, 3.05) is 5.75 Å². The van der Waals surface area contributed by atoms with Crippen LogP contribution in [0, 0.1) is 13.8 Å².